The Morgan fingerprint density at radius 3 is 2.59 bits per heavy atom. The number of hydrogen-bond acceptors (Lipinski definition) is 3. The molecular formula is C10H8F3NO3. The Balaban J connectivity index is 2.38. The highest BCUT2D eigenvalue weighted by Crippen LogP contribution is 2.35. The summed E-state index contributed by atoms with van der Waals surface area (Å²) in [6.45, 7) is 0. The predicted octanol–water partition coefficient (Wildman–Crippen LogP) is 2.34. The summed E-state index contributed by atoms with van der Waals surface area (Å²) in [5.41, 5.74) is -2.30. The van der Waals surface area contributed by atoms with Gasteiger partial charge in [-0.05, 0) is 18.9 Å². The summed E-state index contributed by atoms with van der Waals surface area (Å²) in [5, 5.41) is 8.61. The smallest absolute Gasteiger partial charge is 0.418 e. The summed E-state index contributed by atoms with van der Waals surface area (Å²) in [6.07, 6.45) is -2.25. The van der Waals surface area contributed by atoms with Crippen LogP contribution in [0.15, 0.2) is 12.3 Å². The Hall–Kier alpha value is -1.79. The number of nitrogens with zero attached hydrogens (tertiary/aromatic N) is 1. The van der Waals surface area contributed by atoms with Gasteiger partial charge in [0.05, 0.1) is 17.9 Å². The normalized spacial score (nSPS) is 15.7. The number of carboxylic acid groups (broad SMARTS) is 1. The zero-order valence-corrected chi connectivity index (χ0v) is 8.49. The van der Waals surface area contributed by atoms with Crippen molar-refractivity contribution in [1.82, 2.24) is 4.98 Å². The number of rotatable bonds is 3. The molecule has 1 aromatic rings. The lowest BCUT2D eigenvalue weighted by Crippen LogP contribution is -2.15. The van der Waals surface area contributed by atoms with Crippen LogP contribution in [0, 0.1) is 0 Å². The third kappa shape index (κ3) is 2.66. The minimum absolute atomic E-state index is 0.0511. The van der Waals surface area contributed by atoms with Crippen molar-refractivity contribution < 1.29 is 27.8 Å². The Kier molecular flexibility index (Phi) is 2.68. The van der Waals surface area contributed by atoms with Gasteiger partial charge in [0, 0.05) is 0 Å². The molecule has 1 heterocycles. The molecule has 0 spiro atoms. The Morgan fingerprint density at radius 1 is 1.47 bits per heavy atom. The molecule has 1 N–H and O–H groups in total. The van der Waals surface area contributed by atoms with Crippen molar-refractivity contribution in [3.8, 4) is 5.75 Å². The van der Waals surface area contributed by atoms with Crippen LogP contribution in [0.4, 0.5) is 13.2 Å². The number of pyridine rings is 1. The topological polar surface area (TPSA) is 59.4 Å². The Bertz CT molecular complexity index is 455. The molecule has 17 heavy (non-hydrogen) atoms. The van der Waals surface area contributed by atoms with Crippen molar-refractivity contribution in [3.05, 3.63) is 23.5 Å². The van der Waals surface area contributed by atoms with Crippen molar-refractivity contribution >= 4 is 5.97 Å². The molecule has 1 saturated carbocycles. The van der Waals surface area contributed by atoms with E-state index < -0.39 is 23.4 Å². The van der Waals surface area contributed by atoms with Crippen LogP contribution in [-0.4, -0.2) is 22.2 Å². The number of alkyl halides is 3. The second kappa shape index (κ2) is 3.90. The molecule has 0 amide bonds. The lowest BCUT2D eigenvalue weighted by molar-refractivity contribution is -0.138. The molecule has 1 aliphatic rings. The van der Waals surface area contributed by atoms with E-state index in [1.54, 1.807) is 0 Å². The average molecular weight is 247 g/mol. The molecule has 0 unspecified atom stereocenters. The van der Waals surface area contributed by atoms with E-state index in [0.717, 1.165) is 19.0 Å². The van der Waals surface area contributed by atoms with Gasteiger partial charge in [0.15, 0.2) is 5.69 Å². The van der Waals surface area contributed by atoms with E-state index in [1.165, 1.54) is 0 Å². The molecule has 0 aromatic carbocycles. The first kappa shape index (κ1) is 11.7. The maximum Gasteiger partial charge on any atom is 0.418 e. The number of hydrogen-bond donors (Lipinski definition) is 1. The van der Waals surface area contributed by atoms with Crippen molar-refractivity contribution in [2.45, 2.75) is 25.1 Å². The monoisotopic (exact) mass is 247 g/mol. The van der Waals surface area contributed by atoms with Crippen molar-refractivity contribution in [3.63, 3.8) is 0 Å². The molecule has 1 aliphatic carbocycles. The number of carbonyl (C=O) groups is 1. The molecular weight excluding hydrogens is 239 g/mol. The fraction of sp³-hybridized carbons (Fsp3) is 0.400. The van der Waals surface area contributed by atoms with Gasteiger partial charge in [-0.1, -0.05) is 0 Å². The summed E-state index contributed by atoms with van der Waals surface area (Å²) >= 11 is 0. The number of aromatic carboxylic acids is 1. The first-order chi connectivity index (χ1) is 7.88. The quantitative estimate of drug-likeness (QED) is 0.890. The van der Waals surface area contributed by atoms with Gasteiger partial charge in [0.1, 0.15) is 5.75 Å². The zero-order chi connectivity index (χ0) is 12.6. The van der Waals surface area contributed by atoms with E-state index >= 15 is 0 Å². The third-order valence-electron chi connectivity index (χ3n) is 2.20. The van der Waals surface area contributed by atoms with Gasteiger partial charge in [-0.25, -0.2) is 9.78 Å². The molecule has 4 nitrogen and oxygen atoms in total. The average Bonchev–Trinajstić information content (AvgIpc) is 3.00. The highest BCUT2D eigenvalue weighted by molar-refractivity contribution is 5.87. The molecule has 1 aromatic heterocycles. The first-order valence-corrected chi connectivity index (χ1v) is 4.85. The molecule has 2 rings (SSSR count). The van der Waals surface area contributed by atoms with Crippen molar-refractivity contribution in [1.29, 1.82) is 0 Å². The van der Waals surface area contributed by atoms with Crippen molar-refractivity contribution in [2.75, 3.05) is 0 Å². The van der Waals surface area contributed by atoms with E-state index in [9.17, 15) is 18.0 Å². The molecule has 0 bridgehead atoms. The van der Waals surface area contributed by atoms with E-state index in [-0.39, 0.29) is 11.9 Å². The standard InChI is InChI=1S/C10H8F3NO3/c11-10(12,13)7-3-6(17-5-1-2-5)4-14-8(7)9(15)16/h3-5H,1-2H2,(H,15,16). The second-order valence-electron chi connectivity index (χ2n) is 3.69. The van der Waals surface area contributed by atoms with Crippen molar-refractivity contribution in [2.24, 2.45) is 0 Å². The van der Waals surface area contributed by atoms with E-state index in [0.29, 0.717) is 6.07 Å². The van der Waals surface area contributed by atoms with Crippen LogP contribution in [0.3, 0.4) is 0 Å². The molecule has 92 valence electrons. The van der Waals surface area contributed by atoms with Crippen LogP contribution in [0.2, 0.25) is 0 Å². The van der Waals surface area contributed by atoms with Gasteiger partial charge in [0.2, 0.25) is 0 Å². The minimum Gasteiger partial charge on any atom is -0.489 e. The molecule has 0 aliphatic heterocycles. The SMILES string of the molecule is O=C(O)c1ncc(OC2CC2)cc1C(F)(F)F. The zero-order valence-electron chi connectivity index (χ0n) is 8.49. The predicted molar refractivity (Wildman–Crippen MR) is 49.8 cm³/mol. The molecule has 1 fully saturated rings. The van der Waals surface area contributed by atoms with Gasteiger partial charge in [0.25, 0.3) is 0 Å². The molecule has 0 atom stereocenters. The maximum atomic E-state index is 12.6. The number of aromatic nitrogens is 1. The van der Waals surface area contributed by atoms with Crippen LogP contribution >= 0.6 is 0 Å². The summed E-state index contributed by atoms with van der Waals surface area (Å²) in [6, 6.07) is 0.675. The van der Waals surface area contributed by atoms with E-state index in [2.05, 4.69) is 4.98 Å². The fourth-order valence-electron chi connectivity index (χ4n) is 1.27. The number of halogens is 3. The van der Waals surface area contributed by atoms with Gasteiger partial charge in [-0.2, -0.15) is 13.2 Å². The summed E-state index contributed by atoms with van der Waals surface area (Å²) in [7, 11) is 0. The van der Waals surface area contributed by atoms with Crippen LogP contribution in [0.5, 0.6) is 5.75 Å². The lowest BCUT2D eigenvalue weighted by Gasteiger charge is -2.11. The Labute approximate surface area is 94.0 Å². The Morgan fingerprint density at radius 2 is 2.12 bits per heavy atom. The second-order valence-corrected chi connectivity index (χ2v) is 3.69. The minimum atomic E-state index is -4.76. The molecule has 0 saturated heterocycles. The summed E-state index contributed by atoms with van der Waals surface area (Å²) in [5.74, 6) is -1.76. The van der Waals surface area contributed by atoms with Gasteiger partial charge in [-0.15, -0.1) is 0 Å². The first-order valence-electron chi connectivity index (χ1n) is 4.85. The van der Waals surface area contributed by atoms with Gasteiger partial charge >= 0.3 is 12.1 Å². The van der Waals surface area contributed by atoms with Gasteiger partial charge < -0.3 is 9.84 Å². The number of ether oxygens (including phenoxy) is 1. The van der Waals surface area contributed by atoms with Crippen LogP contribution in [0.1, 0.15) is 28.9 Å². The third-order valence-corrected chi connectivity index (χ3v) is 2.20. The molecule has 0 radical (unpaired) electrons. The number of carboxylic acids is 1. The van der Waals surface area contributed by atoms with Crippen LogP contribution < -0.4 is 4.74 Å². The lowest BCUT2D eigenvalue weighted by atomic mass is 10.2. The maximum absolute atomic E-state index is 12.6. The highest BCUT2D eigenvalue weighted by atomic mass is 19.4. The highest BCUT2D eigenvalue weighted by Gasteiger charge is 2.37. The van der Waals surface area contributed by atoms with Crippen LogP contribution in [-0.2, 0) is 6.18 Å². The molecule has 7 heteroatoms. The van der Waals surface area contributed by atoms with Gasteiger partial charge in [-0.3, -0.25) is 0 Å². The van der Waals surface area contributed by atoms with E-state index in [1.807, 2.05) is 0 Å². The fourth-order valence-corrected chi connectivity index (χ4v) is 1.27. The summed E-state index contributed by atoms with van der Waals surface area (Å²) in [4.78, 5) is 13.9. The van der Waals surface area contributed by atoms with Crippen LogP contribution in [0.25, 0.3) is 0 Å². The van der Waals surface area contributed by atoms with E-state index in [4.69, 9.17) is 9.84 Å². The summed E-state index contributed by atoms with van der Waals surface area (Å²) < 4.78 is 42.9. The largest absolute Gasteiger partial charge is 0.489 e.